The molecule has 152 valence electrons. The summed E-state index contributed by atoms with van der Waals surface area (Å²) < 4.78 is 11.6. The average Bonchev–Trinajstić information content (AvgIpc) is 2.73. The minimum Gasteiger partial charge on any atom is -0.494 e. The Morgan fingerprint density at radius 1 is 1.24 bits per heavy atom. The number of ether oxygens (including phenoxy) is 2. The molecule has 0 saturated carbocycles. The van der Waals surface area contributed by atoms with Crippen molar-refractivity contribution in [3.05, 3.63) is 64.7 Å². The fourth-order valence-electron chi connectivity index (χ4n) is 4.46. The van der Waals surface area contributed by atoms with Gasteiger partial charge in [-0.1, -0.05) is 12.1 Å². The van der Waals surface area contributed by atoms with Crippen molar-refractivity contribution in [3.8, 4) is 5.75 Å². The third-order valence-corrected chi connectivity index (χ3v) is 5.82. The molecule has 6 heteroatoms. The highest BCUT2D eigenvalue weighted by atomic mass is 16.5. The molecule has 2 aliphatic heterocycles. The Bertz CT molecular complexity index is 938. The van der Waals surface area contributed by atoms with Gasteiger partial charge < -0.3 is 14.6 Å². The van der Waals surface area contributed by atoms with Crippen LogP contribution in [0.4, 0.5) is 0 Å². The summed E-state index contributed by atoms with van der Waals surface area (Å²) in [6, 6.07) is 13.2. The van der Waals surface area contributed by atoms with E-state index in [-0.39, 0.29) is 23.8 Å². The van der Waals surface area contributed by atoms with Gasteiger partial charge in [0.2, 0.25) is 0 Å². The molecule has 2 aromatic rings. The highest BCUT2D eigenvalue weighted by Gasteiger charge is 2.42. The van der Waals surface area contributed by atoms with Crippen molar-refractivity contribution in [2.75, 3.05) is 27.3 Å². The molecule has 0 aliphatic carbocycles. The van der Waals surface area contributed by atoms with E-state index in [0.717, 1.165) is 35.6 Å². The Hall–Kier alpha value is -2.70. The van der Waals surface area contributed by atoms with Gasteiger partial charge in [-0.15, -0.1) is 0 Å². The van der Waals surface area contributed by atoms with Crippen LogP contribution in [0.1, 0.15) is 46.3 Å². The lowest BCUT2D eigenvalue weighted by molar-refractivity contribution is -0.0625. The molecule has 0 bridgehead atoms. The van der Waals surface area contributed by atoms with E-state index in [9.17, 15) is 9.90 Å². The van der Waals surface area contributed by atoms with Gasteiger partial charge in [-0.2, -0.15) is 0 Å². The third kappa shape index (κ3) is 3.54. The van der Waals surface area contributed by atoms with Gasteiger partial charge in [0, 0.05) is 30.7 Å². The normalized spacial score (nSPS) is 23.7. The molecule has 6 nitrogen and oxygen atoms in total. The van der Waals surface area contributed by atoms with Crippen LogP contribution in [0.5, 0.6) is 5.75 Å². The Kier molecular flexibility index (Phi) is 5.39. The number of carboxylic acids is 1. The van der Waals surface area contributed by atoms with Gasteiger partial charge in [0.1, 0.15) is 12.0 Å². The molecule has 3 atom stereocenters. The number of hydrogen-bond donors (Lipinski definition) is 1. The molecular formula is C23H26N2O4. The fourth-order valence-corrected chi connectivity index (χ4v) is 4.46. The summed E-state index contributed by atoms with van der Waals surface area (Å²) in [5.74, 6) is 0.0361. The second-order valence-electron chi connectivity index (χ2n) is 7.53. The zero-order chi connectivity index (χ0) is 20.5. The van der Waals surface area contributed by atoms with Gasteiger partial charge in [-0.25, -0.2) is 4.79 Å². The summed E-state index contributed by atoms with van der Waals surface area (Å²) in [5, 5.41) is 9.20. The predicted octanol–water partition coefficient (Wildman–Crippen LogP) is 3.39. The summed E-state index contributed by atoms with van der Waals surface area (Å²) in [7, 11) is 3.83. The second-order valence-corrected chi connectivity index (χ2v) is 7.53. The number of carbonyl (C=O) groups is 1. The number of rotatable bonds is 5. The summed E-state index contributed by atoms with van der Waals surface area (Å²) in [4.78, 5) is 18.6. The van der Waals surface area contributed by atoms with E-state index in [0.29, 0.717) is 6.61 Å². The van der Waals surface area contributed by atoms with Crippen molar-refractivity contribution in [1.82, 2.24) is 4.90 Å². The molecule has 2 aliphatic rings. The van der Waals surface area contributed by atoms with E-state index < -0.39 is 5.97 Å². The lowest BCUT2D eigenvalue weighted by atomic mass is 9.78. The van der Waals surface area contributed by atoms with Gasteiger partial charge in [-0.3, -0.25) is 9.89 Å². The van der Waals surface area contributed by atoms with Crippen LogP contribution in [-0.2, 0) is 4.74 Å². The van der Waals surface area contributed by atoms with Gasteiger partial charge in [0.25, 0.3) is 0 Å². The maximum Gasteiger partial charge on any atom is 0.335 e. The van der Waals surface area contributed by atoms with E-state index in [1.54, 1.807) is 19.2 Å². The van der Waals surface area contributed by atoms with Crippen molar-refractivity contribution in [1.29, 1.82) is 0 Å². The number of piperidine rings is 1. The van der Waals surface area contributed by atoms with Gasteiger partial charge in [0.15, 0.2) is 0 Å². The van der Waals surface area contributed by atoms with E-state index in [2.05, 4.69) is 24.1 Å². The maximum absolute atomic E-state index is 11.2. The molecule has 2 aromatic carbocycles. The second kappa shape index (κ2) is 7.97. The third-order valence-electron chi connectivity index (χ3n) is 5.82. The first kappa shape index (κ1) is 19.6. The van der Waals surface area contributed by atoms with Crippen LogP contribution in [0, 0.1) is 0 Å². The monoisotopic (exact) mass is 394 g/mol. The Labute approximate surface area is 170 Å². The molecule has 4 rings (SSSR count). The molecule has 1 N–H and O–H groups in total. The molecule has 0 radical (unpaired) electrons. The molecule has 1 unspecified atom stereocenters. The number of likely N-dealkylation sites (N-methyl/N-ethyl adjacent to an activating group) is 1. The van der Waals surface area contributed by atoms with Crippen LogP contribution in [0.15, 0.2) is 47.5 Å². The lowest BCUT2D eigenvalue weighted by Crippen LogP contribution is -2.50. The Balaban J connectivity index is 1.83. The zero-order valence-electron chi connectivity index (χ0n) is 17.0. The van der Waals surface area contributed by atoms with Crippen LogP contribution >= 0.6 is 0 Å². The highest BCUT2D eigenvalue weighted by Crippen LogP contribution is 2.42. The van der Waals surface area contributed by atoms with Crippen molar-refractivity contribution in [2.45, 2.75) is 31.5 Å². The van der Waals surface area contributed by atoms with Gasteiger partial charge >= 0.3 is 5.97 Å². The largest absolute Gasteiger partial charge is 0.494 e. The van der Waals surface area contributed by atoms with E-state index in [4.69, 9.17) is 14.5 Å². The molecule has 1 fully saturated rings. The number of hydrogen-bond acceptors (Lipinski definition) is 5. The quantitative estimate of drug-likeness (QED) is 0.842. The fraction of sp³-hybridized carbons (Fsp3) is 0.391. The topological polar surface area (TPSA) is 71.4 Å². The number of methoxy groups -OCH3 is 1. The number of carboxylic acid groups (broad SMARTS) is 1. The van der Waals surface area contributed by atoms with Crippen molar-refractivity contribution < 1.29 is 19.4 Å². The van der Waals surface area contributed by atoms with Crippen molar-refractivity contribution in [2.24, 2.45) is 4.99 Å². The van der Waals surface area contributed by atoms with E-state index >= 15 is 0 Å². The molecule has 29 heavy (non-hydrogen) atoms. The minimum atomic E-state index is -0.929. The van der Waals surface area contributed by atoms with Crippen molar-refractivity contribution in [3.63, 3.8) is 0 Å². The molecule has 0 spiro atoms. The summed E-state index contributed by atoms with van der Waals surface area (Å²) >= 11 is 0. The number of benzene rings is 2. The predicted molar refractivity (Wildman–Crippen MR) is 111 cm³/mol. The highest BCUT2D eigenvalue weighted by molar-refractivity contribution is 6.15. The standard InChI is InChI=1S/C23H26N2O4/c1-4-29-16-9-10-17-18(13-16)20-19(11-12-25(2)22(20)28-3)24-21(17)14-5-7-15(8-6-14)23(26)27/h5-10,13,19-20,22H,4,11-12H2,1-3H3,(H,26,27)/t19-,20+,22?/m1/s1. The summed E-state index contributed by atoms with van der Waals surface area (Å²) in [6.07, 6.45) is 0.889. The van der Waals surface area contributed by atoms with Crippen LogP contribution in [0.2, 0.25) is 0 Å². The number of likely N-dealkylation sites (tertiary alicyclic amines) is 1. The molecular weight excluding hydrogens is 368 g/mol. The lowest BCUT2D eigenvalue weighted by Gasteiger charge is -2.44. The van der Waals surface area contributed by atoms with Crippen LogP contribution in [0.3, 0.4) is 0 Å². The summed E-state index contributed by atoms with van der Waals surface area (Å²) in [5.41, 5.74) is 4.32. The maximum atomic E-state index is 11.2. The molecule has 0 aromatic heterocycles. The zero-order valence-corrected chi connectivity index (χ0v) is 17.0. The van der Waals surface area contributed by atoms with Crippen LogP contribution < -0.4 is 4.74 Å². The average molecular weight is 394 g/mol. The molecule has 2 heterocycles. The van der Waals surface area contributed by atoms with Crippen LogP contribution in [-0.4, -0.2) is 61.3 Å². The Morgan fingerprint density at radius 2 is 2.00 bits per heavy atom. The first-order valence-electron chi connectivity index (χ1n) is 9.95. The summed E-state index contributed by atoms with van der Waals surface area (Å²) in [6.45, 7) is 3.50. The van der Waals surface area contributed by atoms with E-state index in [1.807, 2.05) is 25.1 Å². The number of aromatic carboxylic acids is 1. The smallest absolute Gasteiger partial charge is 0.335 e. The molecule has 0 amide bonds. The van der Waals surface area contributed by atoms with E-state index in [1.165, 1.54) is 5.56 Å². The van der Waals surface area contributed by atoms with Crippen LogP contribution in [0.25, 0.3) is 0 Å². The Morgan fingerprint density at radius 3 is 2.66 bits per heavy atom. The molecule has 1 saturated heterocycles. The van der Waals surface area contributed by atoms with Gasteiger partial charge in [0.05, 0.1) is 23.9 Å². The first-order chi connectivity index (χ1) is 14.0. The van der Waals surface area contributed by atoms with Crippen molar-refractivity contribution >= 4 is 11.7 Å². The van der Waals surface area contributed by atoms with Gasteiger partial charge in [-0.05, 0) is 56.3 Å². The minimum absolute atomic E-state index is 0.0518. The first-order valence-corrected chi connectivity index (χ1v) is 9.95. The number of nitrogens with zero attached hydrogens (tertiary/aromatic N) is 2. The number of aliphatic imine (C=N–C) groups is 1. The SMILES string of the molecule is CCOc1ccc2c(c1)[C@@H]1C(OC)N(C)CC[C@H]1N=C2c1ccc(C(=O)O)cc1. The number of fused-ring (bicyclic) bond motifs is 3.